The van der Waals surface area contributed by atoms with Crippen molar-refractivity contribution in [3.8, 4) is 11.5 Å². The average Bonchev–Trinajstić information content (AvgIpc) is 2.78. The lowest BCUT2D eigenvalue weighted by Gasteiger charge is -2.17. The third-order valence-electron chi connectivity index (χ3n) is 3.53. The summed E-state index contributed by atoms with van der Waals surface area (Å²) in [5, 5.41) is 0. The number of rotatable bonds is 3. The molecule has 0 radical (unpaired) electrons. The second kappa shape index (κ2) is 6.13. The van der Waals surface area contributed by atoms with Gasteiger partial charge in [0.15, 0.2) is 11.5 Å². The Morgan fingerprint density at radius 1 is 1.14 bits per heavy atom. The van der Waals surface area contributed by atoms with Crippen LogP contribution in [0.4, 0.5) is 0 Å². The van der Waals surface area contributed by atoms with Crippen molar-refractivity contribution in [3.63, 3.8) is 0 Å². The fourth-order valence-corrected chi connectivity index (χ4v) is 2.39. The summed E-state index contributed by atoms with van der Waals surface area (Å²) in [7, 11) is 1.75. The molecule has 1 aliphatic rings. The molecule has 0 atom stereocenters. The van der Waals surface area contributed by atoms with Gasteiger partial charge in [-0.1, -0.05) is 0 Å². The molecule has 116 valence electrons. The molecule has 2 heterocycles. The molecule has 0 spiro atoms. The van der Waals surface area contributed by atoms with Crippen LogP contribution in [0, 0.1) is 6.92 Å². The molecule has 3 rings (SSSR count). The molecule has 0 aliphatic carbocycles. The van der Waals surface area contributed by atoms with E-state index in [9.17, 15) is 4.79 Å². The van der Waals surface area contributed by atoms with Gasteiger partial charge >= 0.3 is 0 Å². The summed E-state index contributed by atoms with van der Waals surface area (Å²) in [5.41, 5.74) is 0.579. The van der Waals surface area contributed by atoms with E-state index in [4.69, 9.17) is 13.9 Å². The Hall–Kier alpha value is -2.43. The highest BCUT2D eigenvalue weighted by Gasteiger charge is 2.17. The molecule has 0 fully saturated rings. The molecule has 22 heavy (non-hydrogen) atoms. The number of nitrogens with zero attached hydrogens (tertiary/aromatic N) is 1. The maximum Gasteiger partial charge on any atom is 0.254 e. The van der Waals surface area contributed by atoms with Crippen LogP contribution in [0.15, 0.2) is 34.7 Å². The van der Waals surface area contributed by atoms with Gasteiger partial charge in [0.25, 0.3) is 5.91 Å². The molecule has 0 saturated heterocycles. The molecule has 1 aromatic carbocycles. The van der Waals surface area contributed by atoms with Crippen LogP contribution in [0.25, 0.3) is 0 Å². The number of hydrogen-bond acceptors (Lipinski definition) is 4. The van der Waals surface area contributed by atoms with E-state index in [0.717, 1.165) is 17.9 Å². The molecule has 5 nitrogen and oxygen atoms in total. The second-order valence-corrected chi connectivity index (χ2v) is 5.39. The van der Waals surface area contributed by atoms with E-state index in [1.165, 1.54) is 0 Å². The van der Waals surface area contributed by atoms with Crippen LogP contribution in [-0.4, -0.2) is 31.1 Å². The number of furan rings is 1. The zero-order valence-corrected chi connectivity index (χ0v) is 12.8. The predicted octanol–water partition coefficient (Wildman–Crippen LogP) is 3.02. The van der Waals surface area contributed by atoms with Crippen molar-refractivity contribution in [2.45, 2.75) is 19.9 Å². The first-order chi connectivity index (χ1) is 10.6. The SMILES string of the molecule is Cc1ccc(CN(C)C(=O)c2ccc3c(c2)OCCCO3)o1. The van der Waals surface area contributed by atoms with Gasteiger partial charge in [-0.2, -0.15) is 0 Å². The minimum atomic E-state index is -0.0790. The van der Waals surface area contributed by atoms with Crippen molar-refractivity contribution in [1.29, 1.82) is 0 Å². The maximum atomic E-state index is 12.5. The zero-order chi connectivity index (χ0) is 15.5. The summed E-state index contributed by atoms with van der Waals surface area (Å²) in [5.74, 6) is 2.85. The maximum absolute atomic E-state index is 12.5. The van der Waals surface area contributed by atoms with Crippen molar-refractivity contribution in [3.05, 3.63) is 47.4 Å². The molecule has 2 aromatic rings. The highest BCUT2D eigenvalue weighted by atomic mass is 16.5. The van der Waals surface area contributed by atoms with Crippen LogP contribution in [-0.2, 0) is 6.54 Å². The lowest BCUT2D eigenvalue weighted by Crippen LogP contribution is -2.26. The van der Waals surface area contributed by atoms with E-state index in [1.54, 1.807) is 30.1 Å². The van der Waals surface area contributed by atoms with Gasteiger partial charge in [-0.05, 0) is 37.3 Å². The molecular weight excluding hydrogens is 282 g/mol. The van der Waals surface area contributed by atoms with E-state index in [2.05, 4.69) is 0 Å². The standard InChI is InChI=1S/C17H19NO4/c1-12-4-6-14(22-12)11-18(2)17(19)13-5-7-15-16(10-13)21-9-3-8-20-15/h4-7,10H,3,8-9,11H2,1-2H3. The summed E-state index contributed by atoms with van der Waals surface area (Å²) in [4.78, 5) is 14.1. The van der Waals surface area contributed by atoms with Crippen LogP contribution in [0.2, 0.25) is 0 Å². The van der Waals surface area contributed by atoms with Crippen LogP contribution >= 0.6 is 0 Å². The van der Waals surface area contributed by atoms with Crippen molar-refractivity contribution >= 4 is 5.91 Å². The zero-order valence-electron chi connectivity index (χ0n) is 12.8. The normalized spacial score (nSPS) is 13.5. The van der Waals surface area contributed by atoms with Gasteiger partial charge in [0.05, 0.1) is 19.8 Å². The fraction of sp³-hybridized carbons (Fsp3) is 0.353. The lowest BCUT2D eigenvalue weighted by atomic mass is 10.1. The van der Waals surface area contributed by atoms with Crippen molar-refractivity contribution in [1.82, 2.24) is 4.90 Å². The monoisotopic (exact) mass is 301 g/mol. The van der Waals surface area contributed by atoms with Gasteiger partial charge in [-0.3, -0.25) is 4.79 Å². The third-order valence-corrected chi connectivity index (χ3v) is 3.53. The Balaban J connectivity index is 1.75. The van der Waals surface area contributed by atoms with E-state index < -0.39 is 0 Å². The van der Waals surface area contributed by atoms with Crippen LogP contribution in [0.1, 0.15) is 28.3 Å². The molecule has 1 aliphatic heterocycles. The largest absolute Gasteiger partial charge is 0.490 e. The Kier molecular flexibility index (Phi) is 4.04. The van der Waals surface area contributed by atoms with E-state index in [-0.39, 0.29) is 5.91 Å². The van der Waals surface area contributed by atoms with Crippen LogP contribution < -0.4 is 9.47 Å². The molecule has 0 saturated carbocycles. The van der Waals surface area contributed by atoms with E-state index in [1.807, 2.05) is 19.1 Å². The first-order valence-electron chi connectivity index (χ1n) is 7.34. The van der Waals surface area contributed by atoms with Gasteiger partial charge in [-0.15, -0.1) is 0 Å². The number of benzene rings is 1. The average molecular weight is 301 g/mol. The number of carbonyl (C=O) groups is 1. The lowest BCUT2D eigenvalue weighted by molar-refractivity contribution is 0.0774. The number of ether oxygens (including phenoxy) is 2. The summed E-state index contributed by atoms with van der Waals surface area (Å²) in [6.07, 6.45) is 0.843. The van der Waals surface area contributed by atoms with Gasteiger partial charge in [0.1, 0.15) is 11.5 Å². The fourth-order valence-electron chi connectivity index (χ4n) is 2.39. The molecule has 0 N–H and O–H groups in total. The highest BCUT2D eigenvalue weighted by molar-refractivity contribution is 5.94. The first kappa shape index (κ1) is 14.5. The number of amides is 1. The number of hydrogen-bond donors (Lipinski definition) is 0. The minimum Gasteiger partial charge on any atom is -0.490 e. The summed E-state index contributed by atoms with van der Waals surface area (Å²) in [6, 6.07) is 9.07. The molecule has 0 unspecified atom stereocenters. The summed E-state index contributed by atoms with van der Waals surface area (Å²) in [6.45, 7) is 3.56. The van der Waals surface area contributed by atoms with E-state index >= 15 is 0 Å². The first-order valence-corrected chi connectivity index (χ1v) is 7.34. The van der Waals surface area contributed by atoms with Gasteiger partial charge in [-0.25, -0.2) is 0 Å². The van der Waals surface area contributed by atoms with Crippen molar-refractivity contribution in [2.75, 3.05) is 20.3 Å². The predicted molar refractivity (Wildman–Crippen MR) is 81.3 cm³/mol. The topological polar surface area (TPSA) is 51.9 Å². The van der Waals surface area contributed by atoms with E-state index in [0.29, 0.717) is 36.8 Å². The second-order valence-electron chi connectivity index (χ2n) is 5.39. The van der Waals surface area contributed by atoms with Crippen LogP contribution in [0.5, 0.6) is 11.5 Å². The van der Waals surface area contributed by atoms with Crippen molar-refractivity contribution < 1.29 is 18.7 Å². The highest BCUT2D eigenvalue weighted by Crippen LogP contribution is 2.30. The van der Waals surface area contributed by atoms with Gasteiger partial charge < -0.3 is 18.8 Å². The molecule has 0 bridgehead atoms. The Bertz CT molecular complexity index is 677. The number of carbonyl (C=O) groups excluding carboxylic acids is 1. The Labute approximate surface area is 129 Å². The minimum absolute atomic E-state index is 0.0790. The smallest absolute Gasteiger partial charge is 0.254 e. The number of fused-ring (bicyclic) bond motifs is 1. The van der Waals surface area contributed by atoms with Crippen LogP contribution in [0.3, 0.4) is 0 Å². The Morgan fingerprint density at radius 2 is 1.91 bits per heavy atom. The molecule has 1 aromatic heterocycles. The molecular formula is C17H19NO4. The quantitative estimate of drug-likeness (QED) is 0.874. The summed E-state index contributed by atoms with van der Waals surface area (Å²) >= 11 is 0. The third kappa shape index (κ3) is 3.08. The Morgan fingerprint density at radius 3 is 2.64 bits per heavy atom. The van der Waals surface area contributed by atoms with Crippen molar-refractivity contribution in [2.24, 2.45) is 0 Å². The number of aryl methyl sites for hydroxylation is 1. The van der Waals surface area contributed by atoms with Gasteiger partial charge in [0, 0.05) is 19.0 Å². The summed E-state index contributed by atoms with van der Waals surface area (Å²) < 4.78 is 16.7. The molecule has 1 amide bonds. The van der Waals surface area contributed by atoms with Gasteiger partial charge in [0.2, 0.25) is 0 Å². The molecule has 5 heteroatoms.